The van der Waals surface area contributed by atoms with Gasteiger partial charge in [0.15, 0.2) is 0 Å². The summed E-state index contributed by atoms with van der Waals surface area (Å²) in [6, 6.07) is 0. The predicted octanol–water partition coefficient (Wildman–Crippen LogP) is 3.05. The molecule has 2 heterocycles. The summed E-state index contributed by atoms with van der Waals surface area (Å²) in [5.41, 5.74) is 0.317. The number of carbonyl (C=O) groups excluding carboxylic acids is 1. The second-order valence-corrected chi connectivity index (χ2v) is 7.14. The Balaban J connectivity index is 1.99. The highest BCUT2D eigenvalue weighted by Crippen LogP contribution is 2.34. The molecule has 0 aromatic carbocycles. The molecule has 5 heteroatoms. The van der Waals surface area contributed by atoms with E-state index in [4.69, 9.17) is 0 Å². The van der Waals surface area contributed by atoms with Crippen molar-refractivity contribution < 1.29 is 4.79 Å². The predicted molar refractivity (Wildman–Crippen MR) is 83.1 cm³/mol. The van der Waals surface area contributed by atoms with Gasteiger partial charge < -0.3 is 4.90 Å². The molecule has 118 valence electrons. The fourth-order valence-electron chi connectivity index (χ4n) is 3.05. The smallest absolute Gasteiger partial charge is 0.293 e. The van der Waals surface area contributed by atoms with E-state index in [1.54, 1.807) is 0 Å². The highest BCUT2D eigenvalue weighted by Gasteiger charge is 2.29. The molecule has 1 atom stereocenters. The molecule has 0 aliphatic carbocycles. The van der Waals surface area contributed by atoms with Gasteiger partial charge in [0.1, 0.15) is 5.82 Å². The van der Waals surface area contributed by atoms with Gasteiger partial charge in [-0.2, -0.15) is 0 Å². The lowest BCUT2D eigenvalue weighted by atomic mass is 9.77. The van der Waals surface area contributed by atoms with E-state index in [1.807, 2.05) is 4.90 Å². The molecule has 1 aromatic rings. The van der Waals surface area contributed by atoms with Crippen molar-refractivity contribution in [2.75, 3.05) is 13.1 Å². The van der Waals surface area contributed by atoms with Gasteiger partial charge in [-0.1, -0.05) is 27.7 Å². The normalized spacial score (nSPS) is 20.4. The Morgan fingerprint density at radius 1 is 1.33 bits per heavy atom. The number of carbonyl (C=O) groups is 1. The summed E-state index contributed by atoms with van der Waals surface area (Å²) in [6.45, 7) is 10.6. The van der Waals surface area contributed by atoms with E-state index in [0.717, 1.165) is 44.6 Å². The summed E-state index contributed by atoms with van der Waals surface area (Å²) < 4.78 is 0. The lowest BCUT2D eigenvalue weighted by Crippen LogP contribution is -2.33. The molecule has 1 saturated heterocycles. The van der Waals surface area contributed by atoms with Crippen LogP contribution in [0.1, 0.15) is 69.8 Å². The van der Waals surface area contributed by atoms with Gasteiger partial charge in [-0.25, -0.2) is 4.98 Å². The number of aryl methyl sites for hydroxylation is 1. The number of nitrogens with one attached hydrogen (secondary N) is 1. The third-order valence-electron chi connectivity index (χ3n) is 4.45. The van der Waals surface area contributed by atoms with E-state index < -0.39 is 0 Å². The maximum absolute atomic E-state index is 12.5. The third kappa shape index (κ3) is 4.05. The summed E-state index contributed by atoms with van der Waals surface area (Å²) in [5.74, 6) is 1.79. The number of hydrogen-bond donors (Lipinski definition) is 1. The Hall–Kier alpha value is -1.39. The Labute approximate surface area is 127 Å². The molecular formula is C16H28N4O. The number of hydrogen-bond acceptors (Lipinski definition) is 3. The van der Waals surface area contributed by atoms with Crippen molar-refractivity contribution in [3.63, 3.8) is 0 Å². The van der Waals surface area contributed by atoms with Gasteiger partial charge in [-0.15, -0.1) is 5.10 Å². The van der Waals surface area contributed by atoms with Crippen LogP contribution >= 0.6 is 0 Å². The van der Waals surface area contributed by atoms with Crippen LogP contribution < -0.4 is 0 Å². The van der Waals surface area contributed by atoms with Crippen molar-refractivity contribution in [3.05, 3.63) is 11.6 Å². The minimum atomic E-state index is -0.0248. The van der Waals surface area contributed by atoms with Crippen LogP contribution in [0.2, 0.25) is 0 Å². The zero-order valence-corrected chi connectivity index (χ0v) is 13.8. The number of nitrogens with zero attached hydrogens (tertiary/aromatic N) is 3. The number of aromatic amines is 1. The number of rotatable bonds is 3. The zero-order chi connectivity index (χ0) is 15.5. The van der Waals surface area contributed by atoms with Crippen LogP contribution in [0.25, 0.3) is 0 Å². The van der Waals surface area contributed by atoms with E-state index in [0.29, 0.717) is 17.2 Å². The van der Waals surface area contributed by atoms with Gasteiger partial charge >= 0.3 is 0 Å². The van der Waals surface area contributed by atoms with Crippen molar-refractivity contribution in [2.24, 2.45) is 11.3 Å². The van der Waals surface area contributed by atoms with Gasteiger partial charge in [-0.3, -0.25) is 9.89 Å². The summed E-state index contributed by atoms with van der Waals surface area (Å²) in [6.07, 6.45) is 5.18. The number of aromatic nitrogens is 3. The number of amides is 1. The monoisotopic (exact) mass is 292 g/mol. The number of H-pyrrole nitrogens is 1. The van der Waals surface area contributed by atoms with Gasteiger partial charge in [0, 0.05) is 19.5 Å². The van der Waals surface area contributed by atoms with Crippen LogP contribution in [0, 0.1) is 11.3 Å². The van der Waals surface area contributed by atoms with E-state index in [-0.39, 0.29) is 5.91 Å². The molecule has 1 unspecified atom stereocenters. The molecule has 1 aliphatic heterocycles. The molecule has 1 aromatic heterocycles. The van der Waals surface area contributed by atoms with Crippen LogP contribution in [-0.2, 0) is 6.42 Å². The standard InChI is InChI=1S/C16H28N4O/c1-5-7-13-17-14(19-18-13)15(21)20-10-6-8-12(9-11-20)16(2,3)4/h12H,5-11H2,1-4H3,(H,17,18,19). The summed E-state index contributed by atoms with van der Waals surface area (Å²) in [4.78, 5) is 18.7. The zero-order valence-electron chi connectivity index (χ0n) is 13.8. The Morgan fingerprint density at radius 2 is 2.10 bits per heavy atom. The first kappa shape index (κ1) is 16.0. The van der Waals surface area contributed by atoms with Gasteiger partial charge in [-0.05, 0) is 37.0 Å². The fraction of sp³-hybridized carbons (Fsp3) is 0.812. The first-order valence-corrected chi connectivity index (χ1v) is 8.12. The molecule has 1 fully saturated rings. The second-order valence-electron chi connectivity index (χ2n) is 7.14. The largest absolute Gasteiger partial charge is 0.336 e. The minimum Gasteiger partial charge on any atom is -0.336 e. The molecule has 1 N–H and O–H groups in total. The average Bonchev–Trinajstić information content (AvgIpc) is 2.72. The van der Waals surface area contributed by atoms with Gasteiger partial charge in [0.2, 0.25) is 5.82 Å². The highest BCUT2D eigenvalue weighted by molar-refractivity contribution is 5.90. The third-order valence-corrected chi connectivity index (χ3v) is 4.45. The molecule has 0 spiro atoms. The van der Waals surface area contributed by atoms with Crippen LogP contribution in [0.15, 0.2) is 0 Å². The van der Waals surface area contributed by atoms with Crippen LogP contribution in [0.4, 0.5) is 0 Å². The quantitative estimate of drug-likeness (QED) is 0.931. The summed E-state index contributed by atoms with van der Waals surface area (Å²) >= 11 is 0. The van der Waals surface area contributed by atoms with Crippen LogP contribution in [-0.4, -0.2) is 39.1 Å². The van der Waals surface area contributed by atoms with E-state index in [2.05, 4.69) is 42.9 Å². The Kier molecular flexibility index (Phi) is 5.01. The highest BCUT2D eigenvalue weighted by atomic mass is 16.2. The molecule has 0 radical (unpaired) electrons. The van der Waals surface area contributed by atoms with Gasteiger partial charge in [0.25, 0.3) is 5.91 Å². The molecule has 0 bridgehead atoms. The first-order valence-electron chi connectivity index (χ1n) is 8.12. The Bertz CT molecular complexity index is 475. The molecule has 21 heavy (non-hydrogen) atoms. The van der Waals surface area contributed by atoms with E-state index in [1.165, 1.54) is 6.42 Å². The molecule has 1 aliphatic rings. The maximum atomic E-state index is 12.5. The molecule has 5 nitrogen and oxygen atoms in total. The van der Waals surface area contributed by atoms with Crippen molar-refractivity contribution in [2.45, 2.75) is 59.8 Å². The maximum Gasteiger partial charge on any atom is 0.293 e. The van der Waals surface area contributed by atoms with Crippen LogP contribution in [0.5, 0.6) is 0 Å². The number of likely N-dealkylation sites (tertiary alicyclic amines) is 1. The molecular weight excluding hydrogens is 264 g/mol. The van der Waals surface area contributed by atoms with Crippen molar-refractivity contribution in [1.29, 1.82) is 0 Å². The van der Waals surface area contributed by atoms with Crippen molar-refractivity contribution in [1.82, 2.24) is 20.1 Å². The lowest BCUT2D eigenvalue weighted by molar-refractivity contribution is 0.0743. The van der Waals surface area contributed by atoms with E-state index in [9.17, 15) is 4.79 Å². The summed E-state index contributed by atoms with van der Waals surface area (Å²) in [5, 5.41) is 6.95. The molecule has 0 saturated carbocycles. The van der Waals surface area contributed by atoms with Gasteiger partial charge in [0.05, 0.1) is 0 Å². The Morgan fingerprint density at radius 3 is 2.76 bits per heavy atom. The molecule has 2 rings (SSSR count). The minimum absolute atomic E-state index is 0.0248. The second kappa shape index (κ2) is 6.58. The lowest BCUT2D eigenvalue weighted by Gasteiger charge is -2.29. The fourth-order valence-corrected chi connectivity index (χ4v) is 3.05. The SMILES string of the molecule is CCCc1nc(C(=O)N2CCCC(C(C)(C)C)CC2)n[nH]1. The molecule has 1 amide bonds. The van der Waals surface area contributed by atoms with Crippen LogP contribution in [0.3, 0.4) is 0 Å². The topological polar surface area (TPSA) is 61.9 Å². The summed E-state index contributed by atoms with van der Waals surface area (Å²) in [7, 11) is 0. The van der Waals surface area contributed by atoms with E-state index >= 15 is 0 Å². The first-order chi connectivity index (χ1) is 9.91. The van der Waals surface area contributed by atoms with Crippen molar-refractivity contribution >= 4 is 5.91 Å². The average molecular weight is 292 g/mol. The van der Waals surface area contributed by atoms with Crippen molar-refractivity contribution in [3.8, 4) is 0 Å².